The lowest BCUT2D eigenvalue weighted by atomic mass is 10.1. The van der Waals surface area contributed by atoms with E-state index in [0.29, 0.717) is 6.54 Å². The molecule has 0 aliphatic heterocycles. The van der Waals surface area contributed by atoms with Crippen LogP contribution in [0.1, 0.15) is 16.7 Å². The largest absolute Gasteiger partial charge is 0.298 e. The molecule has 0 N–H and O–H groups in total. The quantitative estimate of drug-likeness (QED) is 0.467. The van der Waals surface area contributed by atoms with Gasteiger partial charge in [0, 0.05) is 17.9 Å². The Morgan fingerprint density at radius 1 is 1.04 bits per heavy atom. The van der Waals surface area contributed by atoms with E-state index >= 15 is 0 Å². The van der Waals surface area contributed by atoms with Crippen LogP contribution in [-0.2, 0) is 12.3 Å². The molecule has 3 nitrogen and oxygen atoms in total. The van der Waals surface area contributed by atoms with Crippen LogP contribution in [-0.4, -0.2) is 14.8 Å². The molecule has 1 aromatic heterocycles. The molecule has 0 aliphatic rings. The average Bonchev–Trinajstić information content (AvgIpc) is 2.97. The van der Waals surface area contributed by atoms with E-state index in [0.717, 1.165) is 22.3 Å². The maximum absolute atomic E-state index is 4.41. The lowest BCUT2D eigenvalue weighted by Crippen LogP contribution is -2.00. The van der Waals surface area contributed by atoms with E-state index in [1.54, 1.807) is 11.8 Å². The summed E-state index contributed by atoms with van der Waals surface area (Å²) in [4.78, 5) is 0. The van der Waals surface area contributed by atoms with E-state index < -0.39 is 0 Å². The van der Waals surface area contributed by atoms with Crippen molar-refractivity contribution in [3.05, 3.63) is 77.9 Å². The Kier molecular flexibility index (Phi) is 5.16. The van der Waals surface area contributed by atoms with Gasteiger partial charge in [0.2, 0.25) is 0 Å². The summed E-state index contributed by atoms with van der Waals surface area (Å²) in [5.41, 5.74) is 4.89. The second-order valence-corrected chi connectivity index (χ2v) is 6.79. The maximum Gasteiger partial charge on any atom is 0.192 e. The number of allylic oxidation sites excluding steroid dienone is 1. The smallest absolute Gasteiger partial charge is 0.192 e. The molecule has 2 aromatic carbocycles. The first kappa shape index (κ1) is 16.5. The van der Waals surface area contributed by atoms with Crippen LogP contribution in [0.4, 0.5) is 0 Å². The van der Waals surface area contributed by atoms with Crippen molar-refractivity contribution in [1.29, 1.82) is 0 Å². The topological polar surface area (TPSA) is 30.7 Å². The first-order valence-electron chi connectivity index (χ1n) is 7.97. The number of nitrogens with zero attached hydrogens (tertiary/aromatic N) is 3. The molecule has 0 saturated carbocycles. The molecule has 0 aliphatic carbocycles. The first-order valence-corrected chi connectivity index (χ1v) is 8.95. The van der Waals surface area contributed by atoms with Gasteiger partial charge in [0.15, 0.2) is 11.0 Å². The van der Waals surface area contributed by atoms with Crippen LogP contribution in [0.3, 0.4) is 0 Å². The number of hydrogen-bond acceptors (Lipinski definition) is 3. The van der Waals surface area contributed by atoms with Gasteiger partial charge in [-0.15, -0.1) is 16.8 Å². The lowest BCUT2D eigenvalue weighted by molar-refractivity contribution is 0.731. The summed E-state index contributed by atoms with van der Waals surface area (Å²) in [6, 6.07) is 16.9. The summed E-state index contributed by atoms with van der Waals surface area (Å²) in [7, 11) is 0. The van der Waals surface area contributed by atoms with Gasteiger partial charge in [-0.25, -0.2) is 0 Å². The number of rotatable bonds is 6. The van der Waals surface area contributed by atoms with Crippen molar-refractivity contribution in [2.24, 2.45) is 0 Å². The fourth-order valence-corrected chi connectivity index (χ4v) is 3.45. The van der Waals surface area contributed by atoms with Gasteiger partial charge < -0.3 is 0 Å². The second kappa shape index (κ2) is 7.49. The summed E-state index contributed by atoms with van der Waals surface area (Å²) in [5, 5.41) is 9.73. The summed E-state index contributed by atoms with van der Waals surface area (Å²) >= 11 is 1.71. The van der Waals surface area contributed by atoms with Crippen LogP contribution in [0.15, 0.2) is 66.3 Å². The average molecular weight is 335 g/mol. The van der Waals surface area contributed by atoms with Gasteiger partial charge in [0.25, 0.3) is 0 Å². The first-order chi connectivity index (χ1) is 11.7. The van der Waals surface area contributed by atoms with Crippen molar-refractivity contribution in [2.75, 3.05) is 0 Å². The molecule has 0 bridgehead atoms. The van der Waals surface area contributed by atoms with Gasteiger partial charge >= 0.3 is 0 Å². The summed E-state index contributed by atoms with van der Waals surface area (Å²) in [6.45, 7) is 8.77. The van der Waals surface area contributed by atoms with E-state index in [-0.39, 0.29) is 0 Å². The minimum absolute atomic E-state index is 0.701. The van der Waals surface area contributed by atoms with Gasteiger partial charge in [-0.05, 0) is 19.4 Å². The molecule has 3 rings (SSSR count). The van der Waals surface area contributed by atoms with Gasteiger partial charge in [0.1, 0.15) is 0 Å². The summed E-state index contributed by atoms with van der Waals surface area (Å²) < 4.78 is 2.12. The maximum atomic E-state index is 4.41. The Morgan fingerprint density at radius 3 is 2.54 bits per heavy atom. The van der Waals surface area contributed by atoms with Crippen LogP contribution in [0.2, 0.25) is 0 Å². The molecular formula is C20H21N3S. The highest BCUT2D eigenvalue weighted by Gasteiger charge is 2.13. The molecule has 1 heterocycles. The van der Waals surface area contributed by atoms with Crippen molar-refractivity contribution in [1.82, 2.24) is 14.8 Å². The predicted octanol–water partition coefficient (Wildman–Crippen LogP) is 5.04. The molecule has 122 valence electrons. The highest BCUT2D eigenvalue weighted by atomic mass is 32.2. The molecule has 0 fully saturated rings. The van der Waals surface area contributed by atoms with Crippen LogP contribution in [0.25, 0.3) is 11.4 Å². The molecule has 0 amide bonds. The zero-order valence-corrected chi connectivity index (χ0v) is 14.9. The minimum atomic E-state index is 0.701. The minimum Gasteiger partial charge on any atom is -0.298 e. The normalized spacial score (nSPS) is 10.8. The third-order valence-corrected chi connectivity index (χ3v) is 4.83. The Labute approximate surface area is 147 Å². The molecule has 24 heavy (non-hydrogen) atoms. The number of benzene rings is 2. The Morgan fingerprint density at radius 2 is 1.83 bits per heavy atom. The highest BCUT2D eigenvalue weighted by molar-refractivity contribution is 7.98. The standard InChI is InChI=1S/C20H21N3S/c1-4-12-23-19(18-10-8-15(2)9-11-18)21-22-20(23)24-14-17-7-5-6-16(3)13-17/h4-11,13H,1,12,14H2,2-3H3. The van der Waals surface area contributed by atoms with Crippen molar-refractivity contribution in [2.45, 2.75) is 31.3 Å². The third kappa shape index (κ3) is 3.77. The van der Waals surface area contributed by atoms with Crippen LogP contribution in [0, 0.1) is 13.8 Å². The summed E-state index contributed by atoms with van der Waals surface area (Å²) in [6.07, 6.45) is 1.89. The molecule has 0 spiro atoms. The number of aryl methyl sites for hydroxylation is 2. The second-order valence-electron chi connectivity index (χ2n) is 5.85. The van der Waals surface area contributed by atoms with Gasteiger partial charge in [-0.2, -0.15) is 0 Å². The molecule has 0 unspecified atom stereocenters. The zero-order chi connectivity index (χ0) is 16.9. The molecule has 0 radical (unpaired) electrons. The zero-order valence-electron chi connectivity index (χ0n) is 14.1. The Hall–Kier alpha value is -2.33. The van der Waals surface area contributed by atoms with Crippen LogP contribution < -0.4 is 0 Å². The number of thioether (sulfide) groups is 1. The van der Waals surface area contributed by atoms with E-state index in [1.165, 1.54) is 16.7 Å². The molecule has 0 saturated heterocycles. The lowest BCUT2D eigenvalue weighted by Gasteiger charge is -2.08. The third-order valence-electron chi connectivity index (χ3n) is 3.79. The van der Waals surface area contributed by atoms with Crippen LogP contribution in [0.5, 0.6) is 0 Å². The fourth-order valence-electron chi connectivity index (χ4n) is 2.56. The summed E-state index contributed by atoms with van der Waals surface area (Å²) in [5.74, 6) is 1.77. The van der Waals surface area contributed by atoms with Crippen molar-refractivity contribution in [3.63, 3.8) is 0 Å². The highest BCUT2D eigenvalue weighted by Crippen LogP contribution is 2.26. The predicted molar refractivity (Wildman–Crippen MR) is 101 cm³/mol. The fraction of sp³-hybridized carbons (Fsp3) is 0.200. The van der Waals surface area contributed by atoms with Crippen molar-refractivity contribution < 1.29 is 0 Å². The van der Waals surface area contributed by atoms with E-state index in [1.807, 2.05) is 6.08 Å². The number of hydrogen-bond donors (Lipinski definition) is 0. The Balaban J connectivity index is 1.85. The monoisotopic (exact) mass is 335 g/mol. The van der Waals surface area contributed by atoms with E-state index in [4.69, 9.17) is 0 Å². The van der Waals surface area contributed by atoms with Gasteiger partial charge in [-0.1, -0.05) is 77.5 Å². The SMILES string of the molecule is C=CCn1c(SCc2cccc(C)c2)nnc1-c1ccc(C)cc1. The molecule has 0 atom stereocenters. The van der Waals surface area contributed by atoms with Crippen molar-refractivity contribution >= 4 is 11.8 Å². The van der Waals surface area contributed by atoms with E-state index in [9.17, 15) is 0 Å². The van der Waals surface area contributed by atoms with E-state index in [2.05, 4.69) is 83.7 Å². The van der Waals surface area contributed by atoms with Gasteiger partial charge in [-0.3, -0.25) is 4.57 Å². The molecule has 3 aromatic rings. The molecular weight excluding hydrogens is 314 g/mol. The molecule has 4 heteroatoms. The number of aromatic nitrogens is 3. The Bertz CT molecular complexity index is 834. The van der Waals surface area contributed by atoms with Crippen LogP contribution >= 0.6 is 11.8 Å². The van der Waals surface area contributed by atoms with Crippen molar-refractivity contribution in [3.8, 4) is 11.4 Å². The van der Waals surface area contributed by atoms with Gasteiger partial charge in [0.05, 0.1) is 0 Å².